The third kappa shape index (κ3) is 3.60. The van der Waals surface area contributed by atoms with Gasteiger partial charge in [-0.3, -0.25) is 0 Å². The molecule has 0 saturated carbocycles. The third-order valence-corrected chi connectivity index (χ3v) is 1.80. The SMILES string of the molecule is CC.CC(C)c1cccc(C(=O)O)c1. The fourth-order valence-electron chi connectivity index (χ4n) is 1.03. The molecule has 0 aromatic heterocycles. The highest BCUT2D eigenvalue weighted by atomic mass is 16.4. The van der Waals surface area contributed by atoms with Crippen molar-refractivity contribution < 1.29 is 9.90 Å². The van der Waals surface area contributed by atoms with Gasteiger partial charge >= 0.3 is 5.97 Å². The summed E-state index contributed by atoms with van der Waals surface area (Å²) in [6, 6.07) is 7.04. The van der Waals surface area contributed by atoms with Crippen LogP contribution in [0.2, 0.25) is 0 Å². The maximum Gasteiger partial charge on any atom is 0.335 e. The van der Waals surface area contributed by atoms with E-state index in [2.05, 4.69) is 0 Å². The molecule has 1 rings (SSSR count). The molecule has 14 heavy (non-hydrogen) atoms. The Morgan fingerprint density at radius 3 is 2.29 bits per heavy atom. The van der Waals surface area contributed by atoms with Gasteiger partial charge < -0.3 is 5.11 Å². The smallest absolute Gasteiger partial charge is 0.335 e. The Morgan fingerprint density at radius 2 is 1.86 bits per heavy atom. The minimum atomic E-state index is -0.863. The monoisotopic (exact) mass is 194 g/mol. The summed E-state index contributed by atoms with van der Waals surface area (Å²) in [5.74, 6) is -0.484. The Bertz CT molecular complexity index is 290. The van der Waals surface area contributed by atoms with Crippen molar-refractivity contribution in [1.82, 2.24) is 0 Å². The molecule has 0 radical (unpaired) electrons. The molecule has 0 aliphatic carbocycles. The molecule has 1 aromatic carbocycles. The van der Waals surface area contributed by atoms with Crippen molar-refractivity contribution in [3.8, 4) is 0 Å². The van der Waals surface area contributed by atoms with Gasteiger partial charge in [0.2, 0.25) is 0 Å². The second-order valence-electron chi connectivity index (χ2n) is 3.09. The number of carbonyl (C=O) groups is 1. The summed E-state index contributed by atoms with van der Waals surface area (Å²) >= 11 is 0. The van der Waals surface area contributed by atoms with Gasteiger partial charge in [-0.2, -0.15) is 0 Å². The van der Waals surface area contributed by atoms with Crippen LogP contribution in [0.4, 0.5) is 0 Å². The first kappa shape index (κ1) is 12.7. The van der Waals surface area contributed by atoms with E-state index in [4.69, 9.17) is 5.11 Å². The number of carboxylic acids is 1. The Kier molecular flexibility index (Phi) is 5.61. The minimum absolute atomic E-state index is 0.362. The third-order valence-electron chi connectivity index (χ3n) is 1.80. The zero-order valence-corrected chi connectivity index (χ0v) is 9.24. The van der Waals surface area contributed by atoms with Gasteiger partial charge in [0.05, 0.1) is 5.56 Å². The highest BCUT2D eigenvalue weighted by molar-refractivity contribution is 5.87. The fourth-order valence-corrected chi connectivity index (χ4v) is 1.03. The van der Waals surface area contributed by atoms with E-state index in [-0.39, 0.29) is 0 Å². The van der Waals surface area contributed by atoms with Crippen molar-refractivity contribution in [3.63, 3.8) is 0 Å². The topological polar surface area (TPSA) is 37.3 Å². The average Bonchev–Trinajstić information content (AvgIpc) is 2.21. The Balaban J connectivity index is 0.000000791. The van der Waals surface area contributed by atoms with Gasteiger partial charge in [0.1, 0.15) is 0 Å². The molecule has 2 heteroatoms. The Hall–Kier alpha value is -1.31. The number of carboxylic acid groups (broad SMARTS) is 1. The quantitative estimate of drug-likeness (QED) is 0.781. The van der Waals surface area contributed by atoms with Gasteiger partial charge in [0, 0.05) is 0 Å². The van der Waals surface area contributed by atoms with Crippen LogP contribution in [-0.2, 0) is 0 Å². The molecular weight excluding hydrogens is 176 g/mol. The molecule has 0 spiro atoms. The number of rotatable bonds is 2. The Morgan fingerprint density at radius 1 is 1.29 bits per heavy atom. The molecule has 0 aliphatic heterocycles. The van der Waals surface area contributed by atoms with E-state index in [1.807, 2.05) is 33.8 Å². The Labute approximate surface area is 85.6 Å². The summed E-state index contributed by atoms with van der Waals surface area (Å²) in [4.78, 5) is 10.6. The van der Waals surface area contributed by atoms with Crippen molar-refractivity contribution in [2.45, 2.75) is 33.6 Å². The van der Waals surface area contributed by atoms with Crippen molar-refractivity contribution in [1.29, 1.82) is 0 Å². The zero-order chi connectivity index (χ0) is 11.1. The van der Waals surface area contributed by atoms with Crippen LogP contribution >= 0.6 is 0 Å². The van der Waals surface area contributed by atoms with E-state index in [0.717, 1.165) is 5.56 Å². The molecule has 78 valence electrons. The van der Waals surface area contributed by atoms with Crippen LogP contribution in [0.15, 0.2) is 24.3 Å². The fraction of sp³-hybridized carbons (Fsp3) is 0.417. The first-order chi connectivity index (χ1) is 6.61. The van der Waals surface area contributed by atoms with Crippen LogP contribution in [0.1, 0.15) is 49.5 Å². The molecule has 0 fully saturated rings. The summed E-state index contributed by atoms with van der Waals surface area (Å²) in [5.41, 5.74) is 1.43. The molecular formula is C12H18O2. The molecule has 2 nitrogen and oxygen atoms in total. The maximum absolute atomic E-state index is 10.6. The predicted octanol–water partition coefficient (Wildman–Crippen LogP) is 3.53. The molecule has 0 amide bonds. The van der Waals surface area contributed by atoms with E-state index in [0.29, 0.717) is 11.5 Å². The second kappa shape index (κ2) is 6.19. The molecule has 0 bridgehead atoms. The van der Waals surface area contributed by atoms with E-state index < -0.39 is 5.97 Å². The zero-order valence-electron chi connectivity index (χ0n) is 9.24. The van der Waals surface area contributed by atoms with Crippen molar-refractivity contribution in [2.24, 2.45) is 0 Å². The van der Waals surface area contributed by atoms with Crippen LogP contribution in [0.5, 0.6) is 0 Å². The van der Waals surface area contributed by atoms with Crippen molar-refractivity contribution in [3.05, 3.63) is 35.4 Å². The number of aromatic carboxylic acids is 1. The molecule has 0 saturated heterocycles. The standard InChI is InChI=1S/C10H12O2.C2H6/c1-7(2)8-4-3-5-9(6-8)10(11)12;1-2/h3-7H,1-2H3,(H,11,12);1-2H3. The van der Waals surface area contributed by atoms with Gasteiger partial charge in [-0.25, -0.2) is 4.79 Å². The first-order valence-corrected chi connectivity index (χ1v) is 4.94. The van der Waals surface area contributed by atoms with Gasteiger partial charge in [0.15, 0.2) is 0 Å². The summed E-state index contributed by atoms with van der Waals surface area (Å²) in [7, 11) is 0. The lowest BCUT2D eigenvalue weighted by atomic mass is 10.0. The summed E-state index contributed by atoms with van der Waals surface area (Å²) in [6.45, 7) is 8.09. The number of hydrogen-bond acceptors (Lipinski definition) is 1. The summed E-state index contributed by atoms with van der Waals surface area (Å²) in [5, 5.41) is 8.69. The molecule has 1 N–H and O–H groups in total. The number of hydrogen-bond donors (Lipinski definition) is 1. The van der Waals surface area contributed by atoms with Crippen LogP contribution in [0.3, 0.4) is 0 Å². The molecule has 0 atom stereocenters. The lowest BCUT2D eigenvalue weighted by molar-refractivity contribution is 0.0697. The van der Waals surface area contributed by atoms with Crippen molar-refractivity contribution >= 4 is 5.97 Å². The predicted molar refractivity (Wildman–Crippen MR) is 58.8 cm³/mol. The van der Waals surface area contributed by atoms with Gasteiger partial charge in [-0.1, -0.05) is 39.8 Å². The normalized spacial score (nSPS) is 9.21. The molecule has 0 heterocycles. The summed E-state index contributed by atoms with van der Waals surface area (Å²) < 4.78 is 0. The van der Waals surface area contributed by atoms with Crippen molar-refractivity contribution in [2.75, 3.05) is 0 Å². The van der Waals surface area contributed by atoms with Gasteiger partial charge in [-0.15, -0.1) is 0 Å². The van der Waals surface area contributed by atoms with E-state index in [1.54, 1.807) is 18.2 Å². The second-order valence-corrected chi connectivity index (χ2v) is 3.09. The lowest BCUT2D eigenvalue weighted by Crippen LogP contribution is -1.97. The van der Waals surface area contributed by atoms with Crippen LogP contribution in [0, 0.1) is 0 Å². The van der Waals surface area contributed by atoms with Crippen LogP contribution in [-0.4, -0.2) is 11.1 Å². The van der Waals surface area contributed by atoms with E-state index >= 15 is 0 Å². The minimum Gasteiger partial charge on any atom is -0.478 e. The highest BCUT2D eigenvalue weighted by Gasteiger charge is 2.04. The van der Waals surface area contributed by atoms with E-state index in [9.17, 15) is 4.79 Å². The van der Waals surface area contributed by atoms with Gasteiger partial charge in [-0.05, 0) is 23.6 Å². The average molecular weight is 194 g/mol. The first-order valence-electron chi connectivity index (χ1n) is 4.94. The highest BCUT2D eigenvalue weighted by Crippen LogP contribution is 2.15. The molecule has 0 unspecified atom stereocenters. The van der Waals surface area contributed by atoms with Crippen LogP contribution in [0.25, 0.3) is 0 Å². The maximum atomic E-state index is 10.6. The molecule has 0 aliphatic rings. The summed E-state index contributed by atoms with van der Waals surface area (Å²) in [6.07, 6.45) is 0. The molecule has 1 aromatic rings. The largest absolute Gasteiger partial charge is 0.478 e. The van der Waals surface area contributed by atoms with Crippen LogP contribution < -0.4 is 0 Å². The lowest BCUT2D eigenvalue weighted by Gasteiger charge is -2.04. The number of benzene rings is 1. The van der Waals surface area contributed by atoms with E-state index in [1.165, 1.54) is 0 Å². The van der Waals surface area contributed by atoms with Gasteiger partial charge in [0.25, 0.3) is 0 Å².